The number of hydrogen-bond donors (Lipinski definition) is 1. The molecule has 2 rings (SSSR count). The molecular weight excluding hydrogens is 334 g/mol. The van der Waals surface area contributed by atoms with E-state index in [1.807, 2.05) is 20.8 Å². The Morgan fingerprint density at radius 3 is 2.70 bits per heavy atom. The smallest absolute Gasteiger partial charge is 0.263 e. The number of nitrogens with zero attached hydrogens (tertiary/aromatic N) is 1. The first kappa shape index (κ1) is 18.4. The largest absolute Gasteiger partial charge is 0.483 e. The number of aliphatic hydroxyl groups is 1. The van der Waals surface area contributed by atoms with Gasteiger partial charge in [0.1, 0.15) is 12.0 Å². The highest BCUT2D eigenvalue weighted by molar-refractivity contribution is 8.01. The zero-order valence-electron chi connectivity index (χ0n) is 14.2. The maximum atomic E-state index is 12.6. The molecule has 1 heterocycles. The molecule has 2 atom stereocenters. The summed E-state index contributed by atoms with van der Waals surface area (Å²) >= 11 is 7.55. The van der Waals surface area contributed by atoms with Crippen LogP contribution in [0.1, 0.15) is 33.3 Å². The average Bonchev–Trinajstić information content (AvgIpc) is 2.69. The SMILES string of the molecule is Cc1cc(Cl)ccc1OCC(=O)N1C(C(C)C)SC(C)(C)C1O. The van der Waals surface area contributed by atoms with Crippen LogP contribution in [-0.2, 0) is 4.79 Å². The Kier molecular flexibility index (Phi) is 5.54. The summed E-state index contributed by atoms with van der Waals surface area (Å²) in [5, 5.41) is 11.1. The quantitative estimate of drug-likeness (QED) is 0.893. The molecule has 1 N–H and O–H groups in total. The lowest BCUT2D eigenvalue weighted by Gasteiger charge is -2.30. The molecule has 1 aliphatic heterocycles. The van der Waals surface area contributed by atoms with Gasteiger partial charge in [0, 0.05) is 5.02 Å². The summed E-state index contributed by atoms with van der Waals surface area (Å²) in [5.74, 6) is 0.672. The summed E-state index contributed by atoms with van der Waals surface area (Å²) in [6, 6.07) is 5.28. The van der Waals surface area contributed by atoms with Gasteiger partial charge in [-0.05, 0) is 50.5 Å². The Morgan fingerprint density at radius 1 is 1.48 bits per heavy atom. The zero-order chi connectivity index (χ0) is 17.4. The van der Waals surface area contributed by atoms with E-state index in [0.29, 0.717) is 10.8 Å². The number of hydrogen-bond acceptors (Lipinski definition) is 4. The number of aryl methyl sites for hydroxylation is 1. The van der Waals surface area contributed by atoms with Crippen molar-refractivity contribution in [1.82, 2.24) is 4.90 Å². The molecule has 0 bridgehead atoms. The second kappa shape index (κ2) is 6.91. The van der Waals surface area contributed by atoms with E-state index in [-0.39, 0.29) is 28.6 Å². The lowest BCUT2D eigenvalue weighted by molar-refractivity contribution is -0.145. The number of ether oxygens (including phenoxy) is 1. The molecule has 0 spiro atoms. The molecule has 1 aliphatic rings. The predicted octanol–water partition coefficient (Wildman–Crippen LogP) is 3.68. The number of carbonyl (C=O) groups is 1. The average molecular weight is 358 g/mol. The Morgan fingerprint density at radius 2 is 2.13 bits per heavy atom. The number of aliphatic hydroxyl groups excluding tert-OH is 1. The van der Waals surface area contributed by atoms with Gasteiger partial charge in [0.05, 0.1) is 10.1 Å². The van der Waals surface area contributed by atoms with Crippen LogP contribution >= 0.6 is 23.4 Å². The van der Waals surface area contributed by atoms with E-state index >= 15 is 0 Å². The van der Waals surface area contributed by atoms with E-state index < -0.39 is 6.23 Å². The Bertz CT molecular complexity index is 591. The van der Waals surface area contributed by atoms with E-state index in [9.17, 15) is 9.90 Å². The highest BCUT2D eigenvalue weighted by Crippen LogP contribution is 2.45. The summed E-state index contributed by atoms with van der Waals surface area (Å²) < 4.78 is 5.25. The van der Waals surface area contributed by atoms with Crippen LogP contribution in [0.15, 0.2) is 18.2 Å². The van der Waals surface area contributed by atoms with Gasteiger partial charge < -0.3 is 14.7 Å². The lowest BCUT2D eigenvalue weighted by atomic mass is 10.1. The molecular formula is C17H24ClNO3S. The van der Waals surface area contributed by atoms with Crippen LogP contribution in [0.3, 0.4) is 0 Å². The molecule has 1 amide bonds. The molecule has 128 valence electrons. The van der Waals surface area contributed by atoms with Gasteiger partial charge in [-0.15, -0.1) is 11.8 Å². The molecule has 1 aromatic carbocycles. The topological polar surface area (TPSA) is 49.8 Å². The third kappa shape index (κ3) is 3.95. The van der Waals surface area contributed by atoms with Crippen molar-refractivity contribution >= 4 is 29.3 Å². The third-order valence-electron chi connectivity index (χ3n) is 3.93. The summed E-state index contributed by atoms with van der Waals surface area (Å²) in [4.78, 5) is 14.2. The number of thioether (sulfide) groups is 1. The minimum atomic E-state index is -0.817. The molecule has 0 radical (unpaired) electrons. The van der Waals surface area contributed by atoms with E-state index in [1.54, 1.807) is 34.9 Å². The first-order valence-electron chi connectivity index (χ1n) is 7.69. The normalized spacial score (nSPS) is 23.4. The first-order valence-corrected chi connectivity index (χ1v) is 8.95. The minimum absolute atomic E-state index is 0.0533. The van der Waals surface area contributed by atoms with Gasteiger partial charge in [-0.3, -0.25) is 4.79 Å². The monoisotopic (exact) mass is 357 g/mol. The highest BCUT2D eigenvalue weighted by Gasteiger charge is 2.49. The van der Waals surface area contributed by atoms with Crippen molar-refractivity contribution in [3.8, 4) is 5.75 Å². The van der Waals surface area contributed by atoms with Crippen LogP contribution in [0.4, 0.5) is 0 Å². The fraction of sp³-hybridized carbons (Fsp3) is 0.588. The van der Waals surface area contributed by atoms with Gasteiger partial charge in [0.25, 0.3) is 5.91 Å². The summed E-state index contributed by atoms with van der Waals surface area (Å²) in [7, 11) is 0. The first-order chi connectivity index (χ1) is 10.6. The maximum Gasteiger partial charge on any atom is 0.263 e. The summed E-state index contributed by atoms with van der Waals surface area (Å²) in [5.41, 5.74) is 0.877. The van der Waals surface area contributed by atoms with Crippen LogP contribution < -0.4 is 4.74 Å². The molecule has 2 unspecified atom stereocenters. The molecule has 0 aliphatic carbocycles. The van der Waals surface area contributed by atoms with Gasteiger partial charge in [0.15, 0.2) is 6.61 Å². The molecule has 1 saturated heterocycles. The summed E-state index contributed by atoms with van der Waals surface area (Å²) in [6.07, 6.45) is -0.817. The van der Waals surface area contributed by atoms with Gasteiger partial charge in [-0.1, -0.05) is 25.4 Å². The Hall–Kier alpha value is -0.910. The molecule has 0 aromatic heterocycles. The molecule has 0 saturated carbocycles. The van der Waals surface area contributed by atoms with Crippen molar-refractivity contribution in [3.63, 3.8) is 0 Å². The van der Waals surface area contributed by atoms with Gasteiger partial charge >= 0.3 is 0 Å². The third-order valence-corrected chi connectivity index (χ3v) is 6.00. The van der Waals surface area contributed by atoms with Crippen molar-refractivity contribution in [2.45, 2.75) is 51.0 Å². The lowest BCUT2D eigenvalue weighted by Crippen LogP contribution is -2.48. The molecule has 6 heteroatoms. The number of benzene rings is 1. The molecule has 1 fully saturated rings. The van der Waals surface area contributed by atoms with Crippen molar-refractivity contribution in [2.24, 2.45) is 5.92 Å². The van der Waals surface area contributed by atoms with E-state index in [1.165, 1.54) is 0 Å². The minimum Gasteiger partial charge on any atom is -0.483 e. The van der Waals surface area contributed by atoms with Gasteiger partial charge in [-0.25, -0.2) is 0 Å². The molecule has 4 nitrogen and oxygen atoms in total. The van der Waals surface area contributed by atoms with Crippen LogP contribution in [0.25, 0.3) is 0 Å². The van der Waals surface area contributed by atoms with Crippen LogP contribution in [-0.4, -0.2) is 38.9 Å². The number of amides is 1. The van der Waals surface area contributed by atoms with E-state index in [0.717, 1.165) is 5.56 Å². The highest BCUT2D eigenvalue weighted by atomic mass is 35.5. The van der Waals surface area contributed by atoms with Crippen molar-refractivity contribution < 1.29 is 14.6 Å². The fourth-order valence-corrected chi connectivity index (χ4v) is 4.33. The molecule has 1 aromatic rings. The number of carbonyl (C=O) groups excluding carboxylic acids is 1. The van der Waals surface area contributed by atoms with Crippen LogP contribution in [0.5, 0.6) is 5.75 Å². The Balaban J connectivity index is 2.09. The van der Waals surface area contributed by atoms with Crippen molar-refractivity contribution in [1.29, 1.82) is 0 Å². The number of rotatable bonds is 4. The van der Waals surface area contributed by atoms with E-state index in [2.05, 4.69) is 13.8 Å². The van der Waals surface area contributed by atoms with Crippen LogP contribution in [0, 0.1) is 12.8 Å². The van der Waals surface area contributed by atoms with Gasteiger partial charge in [0.2, 0.25) is 0 Å². The predicted molar refractivity (Wildman–Crippen MR) is 94.8 cm³/mol. The fourth-order valence-electron chi connectivity index (χ4n) is 2.63. The van der Waals surface area contributed by atoms with Crippen molar-refractivity contribution in [3.05, 3.63) is 28.8 Å². The van der Waals surface area contributed by atoms with E-state index in [4.69, 9.17) is 16.3 Å². The number of halogens is 1. The second-order valence-corrected chi connectivity index (χ2v) is 8.94. The van der Waals surface area contributed by atoms with Crippen LogP contribution in [0.2, 0.25) is 5.02 Å². The molecule has 23 heavy (non-hydrogen) atoms. The van der Waals surface area contributed by atoms with Gasteiger partial charge in [-0.2, -0.15) is 0 Å². The summed E-state index contributed by atoms with van der Waals surface area (Å²) in [6.45, 7) is 9.79. The second-order valence-electron chi connectivity index (χ2n) is 6.73. The Labute approximate surface area is 147 Å². The zero-order valence-corrected chi connectivity index (χ0v) is 15.7. The van der Waals surface area contributed by atoms with Crippen molar-refractivity contribution in [2.75, 3.05) is 6.61 Å². The standard InChI is InChI=1S/C17H24ClNO3S/c1-10(2)15-19(16(21)17(4,5)23-15)14(20)9-22-13-7-6-12(18)8-11(13)3/h6-8,10,15-16,21H,9H2,1-5H3. The maximum absolute atomic E-state index is 12.6.